The molecule has 0 spiro atoms. The largest absolute Gasteiger partial charge is 0.386 e. The van der Waals surface area contributed by atoms with Crippen LogP contribution in [-0.2, 0) is 0 Å². The Balaban J connectivity index is 2.33. The van der Waals surface area contributed by atoms with Crippen LogP contribution in [-0.4, -0.2) is 17.0 Å². The summed E-state index contributed by atoms with van der Waals surface area (Å²) in [5, 5.41) is 2.99. The van der Waals surface area contributed by atoms with Gasteiger partial charge in [0.1, 0.15) is 0 Å². The number of aryl methyl sites for hydroxylation is 1. The Labute approximate surface area is 89.2 Å². The molecule has 0 unspecified atom stereocenters. The van der Waals surface area contributed by atoms with Gasteiger partial charge in [-0.2, -0.15) is 0 Å². The van der Waals surface area contributed by atoms with E-state index in [1.165, 1.54) is 5.56 Å². The zero-order valence-corrected chi connectivity index (χ0v) is 8.86. The molecule has 0 saturated carbocycles. The van der Waals surface area contributed by atoms with E-state index in [2.05, 4.69) is 34.3 Å². The maximum Gasteiger partial charge on any atom is 0.159 e. The highest BCUT2D eigenvalue weighted by Gasteiger charge is 1.99. The van der Waals surface area contributed by atoms with Gasteiger partial charge in [0.05, 0.1) is 18.1 Å². The van der Waals surface area contributed by atoms with Gasteiger partial charge >= 0.3 is 0 Å². The first kappa shape index (κ1) is 9.65. The lowest BCUT2D eigenvalue weighted by atomic mass is 10.1. The molecule has 3 nitrogen and oxygen atoms in total. The number of aromatic nitrogens is 2. The van der Waals surface area contributed by atoms with E-state index in [1.54, 1.807) is 12.4 Å². The molecule has 1 aromatic heterocycles. The predicted octanol–water partition coefficient (Wildman–Crippen LogP) is 2.49. The summed E-state index contributed by atoms with van der Waals surface area (Å²) in [6, 6.07) is 8.18. The molecule has 1 aromatic carbocycles. The van der Waals surface area contributed by atoms with Crippen LogP contribution in [0.5, 0.6) is 0 Å². The fourth-order valence-electron chi connectivity index (χ4n) is 1.31. The fourth-order valence-corrected chi connectivity index (χ4v) is 1.31. The number of hydrogen-bond donors (Lipinski definition) is 1. The minimum atomic E-state index is 0.758. The minimum Gasteiger partial charge on any atom is -0.386 e. The molecule has 0 amide bonds. The lowest BCUT2D eigenvalue weighted by Gasteiger charge is -2.02. The zero-order chi connectivity index (χ0) is 10.7. The fraction of sp³-hybridized carbons (Fsp3) is 0.167. The first-order valence-corrected chi connectivity index (χ1v) is 4.86. The van der Waals surface area contributed by atoms with Gasteiger partial charge in [-0.15, -0.1) is 0 Å². The van der Waals surface area contributed by atoms with Crippen molar-refractivity contribution in [2.24, 2.45) is 0 Å². The molecule has 2 aromatic rings. The van der Waals surface area contributed by atoms with Gasteiger partial charge in [0.25, 0.3) is 0 Å². The summed E-state index contributed by atoms with van der Waals surface area (Å²) in [5.74, 6) is 0.758. The first-order valence-electron chi connectivity index (χ1n) is 4.86. The van der Waals surface area contributed by atoms with Crippen molar-refractivity contribution in [2.45, 2.75) is 6.92 Å². The Kier molecular flexibility index (Phi) is 2.63. The average molecular weight is 199 g/mol. The third kappa shape index (κ3) is 2.13. The maximum atomic E-state index is 4.28. The molecule has 15 heavy (non-hydrogen) atoms. The first-order chi connectivity index (χ1) is 7.29. The molecule has 0 aliphatic rings. The molecule has 0 aliphatic carbocycles. The van der Waals surface area contributed by atoms with E-state index in [9.17, 15) is 0 Å². The standard InChI is InChI=1S/C12H13N3/c1-9-3-5-10(6-4-9)12-14-7-11(13-2)8-15-12/h3-8,13H,1-2H3. The van der Waals surface area contributed by atoms with Gasteiger partial charge in [-0.05, 0) is 6.92 Å². The molecule has 3 heteroatoms. The Bertz CT molecular complexity index is 431. The van der Waals surface area contributed by atoms with E-state index in [-0.39, 0.29) is 0 Å². The van der Waals surface area contributed by atoms with E-state index in [0.29, 0.717) is 0 Å². The van der Waals surface area contributed by atoms with Crippen LogP contribution in [0.2, 0.25) is 0 Å². The maximum absolute atomic E-state index is 4.28. The van der Waals surface area contributed by atoms with E-state index in [1.807, 2.05) is 19.2 Å². The van der Waals surface area contributed by atoms with Crippen molar-refractivity contribution in [1.29, 1.82) is 0 Å². The smallest absolute Gasteiger partial charge is 0.159 e. The van der Waals surface area contributed by atoms with E-state index >= 15 is 0 Å². The van der Waals surface area contributed by atoms with E-state index in [4.69, 9.17) is 0 Å². The van der Waals surface area contributed by atoms with Crippen LogP contribution in [0.15, 0.2) is 36.7 Å². The number of anilines is 1. The Morgan fingerprint density at radius 1 is 1.00 bits per heavy atom. The lowest BCUT2D eigenvalue weighted by Crippen LogP contribution is -1.93. The summed E-state index contributed by atoms with van der Waals surface area (Å²) >= 11 is 0. The second-order valence-electron chi connectivity index (χ2n) is 3.41. The van der Waals surface area contributed by atoms with E-state index in [0.717, 1.165) is 17.1 Å². The van der Waals surface area contributed by atoms with E-state index < -0.39 is 0 Å². The molecule has 1 N–H and O–H groups in total. The van der Waals surface area contributed by atoms with Crippen molar-refractivity contribution in [2.75, 3.05) is 12.4 Å². The van der Waals surface area contributed by atoms with Crippen molar-refractivity contribution in [3.05, 3.63) is 42.2 Å². The van der Waals surface area contributed by atoms with Crippen LogP contribution in [0.3, 0.4) is 0 Å². The van der Waals surface area contributed by atoms with Crippen LogP contribution >= 0.6 is 0 Å². The van der Waals surface area contributed by atoms with Crippen molar-refractivity contribution in [1.82, 2.24) is 9.97 Å². The number of benzene rings is 1. The molecule has 76 valence electrons. The number of nitrogens with one attached hydrogen (secondary N) is 1. The van der Waals surface area contributed by atoms with Crippen LogP contribution < -0.4 is 5.32 Å². The van der Waals surface area contributed by atoms with Gasteiger partial charge in [0.15, 0.2) is 5.82 Å². The summed E-state index contributed by atoms with van der Waals surface area (Å²) in [6.07, 6.45) is 3.56. The van der Waals surface area contributed by atoms with Gasteiger partial charge in [-0.3, -0.25) is 0 Å². The molecule has 0 aliphatic heterocycles. The van der Waals surface area contributed by atoms with Crippen molar-refractivity contribution < 1.29 is 0 Å². The summed E-state index contributed by atoms with van der Waals surface area (Å²) in [7, 11) is 1.85. The lowest BCUT2D eigenvalue weighted by molar-refractivity contribution is 1.17. The topological polar surface area (TPSA) is 37.8 Å². The average Bonchev–Trinajstić information content (AvgIpc) is 2.30. The van der Waals surface area contributed by atoms with Gasteiger partial charge in [0.2, 0.25) is 0 Å². The van der Waals surface area contributed by atoms with Gasteiger partial charge < -0.3 is 5.32 Å². The Morgan fingerprint density at radius 2 is 1.60 bits per heavy atom. The summed E-state index contributed by atoms with van der Waals surface area (Å²) in [5.41, 5.74) is 3.21. The second kappa shape index (κ2) is 4.09. The summed E-state index contributed by atoms with van der Waals surface area (Å²) < 4.78 is 0. The molecule has 0 saturated heterocycles. The molecule has 0 atom stereocenters. The van der Waals surface area contributed by atoms with Crippen molar-refractivity contribution in [3.8, 4) is 11.4 Å². The Morgan fingerprint density at radius 3 is 2.13 bits per heavy atom. The summed E-state index contributed by atoms with van der Waals surface area (Å²) in [6.45, 7) is 2.06. The van der Waals surface area contributed by atoms with Crippen molar-refractivity contribution >= 4 is 5.69 Å². The van der Waals surface area contributed by atoms with Gasteiger partial charge in [-0.1, -0.05) is 29.8 Å². The monoisotopic (exact) mass is 199 g/mol. The Hall–Kier alpha value is -1.90. The van der Waals surface area contributed by atoms with Crippen LogP contribution in [0.25, 0.3) is 11.4 Å². The van der Waals surface area contributed by atoms with Gasteiger partial charge in [0, 0.05) is 12.6 Å². The number of rotatable bonds is 2. The second-order valence-corrected chi connectivity index (χ2v) is 3.41. The normalized spacial score (nSPS) is 10.0. The van der Waals surface area contributed by atoms with Crippen LogP contribution in [0.4, 0.5) is 5.69 Å². The van der Waals surface area contributed by atoms with Crippen LogP contribution in [0, 0.1) is 6.92 Å². The van der Waals surface area contributed by atoms with Crippen LogP contribution in [0.1, 0.15) is 5.56 Å². The highest BCUT2D eigenvalue weighted by atomic mass is 14.9. The summed E-state index contributed by atoms with van der Waals surface area (Å²) in [4.78, 5) is 8.55. The number of hydrogen-bond acceptors (Lipinski definition) is 3. The molecule has 1 heterocycles. The zero-order valence-electron chi connectivity index (χ0n) is 8.86. The highest BCUT2D eigenvalue weighted by Crippen LogP contribution is 2.15. The minimum absolute atomic E-state index is 0.758. The third-order valence-electron chi connectivity index (χ3n) is 2.25. The molecule has 0 radical (unpaired) electrons. The molecule has 2 rings (SSSR count). The van der Waals surface area contributed by atoms with Crippen molar-refractivity contribution in [3.63, 3.8) is 0 Å². The molecular weight excluding hydrogens is 186 g/mol. The molecule has 0 fully saturated rings. The third-order valence-corrected chi connectivity index (χ3v) is 2.25. The van der Waals surface area contributed by atoms with Gasteiger partial charge in [-0.25, -0.2) is 9.97 Å². The molecular formula is C12H13N3. The predicted molar refractivity (Wildman–Crippen MR) is 61.8 cm³/mol. The quantitative estimate of drug-likeness (QED) is 0.807. The molecule has 0 bridgehead atoms. The highest BCUT2D eigenvalue weighted by molar-refractivity contribution is 5.56. The SMILES string of the molecule is CNc1cnc(-c2ccc(C)cc2)nc1. The number of nitrogens with zero attached hydrogens (tertiary/aromatic N) is 2.